The number of hydrogen-bond acceptors (Lipinski definition) is 7. The summed E-state index contributed by atoms with van der Waals surface area (Å²) in [4.78, 5) is 15.6. The van der Waals surface area contributed by atoms with Crippen molar-refractivity contribution in [2.45, 2.75) is 11.8 Å². The van der Waals surface area contributed by atoms with E-state index in [4.69, 9.17) is 37.9 Å². The molecule has 1 aliphatic heterocycles. The van der Waals surface area contributed by atoms with Crippen molar-refractivity contribution in [3.05, 3.63) is 56.9 Å². The van der Waals surface area contributed by atoms with Crippen LogP contribution in [0.3, 0.4) is 0 Å². The minimum absolute atomic E-state index is 0.00956. The summed E-state index contributed by atoms with van der Waals surface area (Å²) in [7, 11) is -4.18. The maximum Gasteiger partial charge on any atom is 0.339 e. The molecule has 0 spiro atoms. The maximum atomic E-state index is 12.6. The first-order valence-corrected chi connectivity index (χ1v) is 11.1. The van der Waals surface area contributed by atoms with E-state index in [1.165, 1.54) is 42.5 Å². The molecule has 0 saturated carbocycles. The van der Waals surface area contributed by atoms with Crippen LogP contribution in [0.4, 0.5) is 0 Å². The summed E-state index contributed by atoms with van der Waals surface area (Å²) < 4.78 is 35.9. The zero-order valence-electron chi connectivity index (χ0n) is 14.9. The summed E-state index contributed by atoms with van der Waals surface area (Å²) in [5, 5.41) is 0.523. The lowest BCUT2D eigenvalue weighted by molar-refractivity contribution is -0.113. The largest absolute Gasteiger partial charge is 0.490 e. The summed E-state index contributed by atoms with van der Waals surface area (Å²) >= 11 is 13.1. The fourth-order valence-corrected chi connectivity index (χ4v) is 4.42. The number of nitrogens with two attached hydrogens (primary N) is 1. The van der Waals surface area contributed by atoms with Crippen molar-refractivity contribution >= 4 is 62.2 Å². The van der Waals surface area contributed by atoms with Crippen molar-refractivity contribution in [2.75, 3.05) is 6.61 Å². The average Bonchev–Trinajstić information content (AvgIpc) is 2.95. The van der Waals surface area contributed by atoms with Gasteiger partial charge >= 0.3 is 10.1 Å². The van der Waals surface area contributed by atoms with Gasteiger partial charge in [-0.25, -0.2) is 0 Å². The number of thioether (sulfide) groups is 1. The van der Waals surface area contributed by atoms with E-state index in [1.54, 1.807) is 6.92 Å². The average molecular weight is 473 g/mol. The zero-order chi connectivity index (χ0) is 21.2. The lowest BCUT2D eigenvalue weighted by Crippen LogP contribution is -2.11. The molecule has 11 heteroatoms. The maximum absolute atomic E-state index is 12.6. The van der Waals surface area contributed by atoms with E-state index < -0.39 is 16.0 Å². The van der Waals surface area contributed by atoms with Gasteiger partial charge in [0, 0.05) is 5.02 Å². The Morgan fingerprint density at radius 2 is 1.90 bits per heavy atom. The van der Waals surface area contributed by atoms with Gasteiger partial charge in [0.05, 0.1) is 16.5 Å². The molecule has 0 bridgehead atoms. The summed E-state index contributed by atoms with van der Waals surface area (Å²) in [6, 6.07) is 8.46. The monoisotopic (exact) mass is 472 g/mol. The number of aliphatic imine (C=N–C) groups is 1. The quantitative estimate of drug-likeness (QED) is 0.497. The van der Waals surface area contributed by atoms with Crippen LogP contribution in [0.1, 0.15) is 12.5 Å². The van der Waals surface area contributed by atoms with Gasteiger partial charge in [-0.05, 0) is 66.7 Å². The fraction of sp³-hybridized carbons (Fsp3) is 0.111. The lowest BCUT2D eigenvalue weighted by atomic mass is 10.2. The minimum atomic E-state index is -4.18. The second-order valence-corrected chi connectivity index (χ2v) is 9.07. The second kappa shape index (κ2) is 8.66. The van der Waals surface area contributed by atoms with Crippen LogP contribution in [0.15, 0.2) is 51.2 Å². The van der Waals surface area contributed by atoms with E-state index in [1.807, 2.05) is 0 Å². The first kappa shape index (κ1) is 21.5. The number of halogens is 2. The number of carbonyl (C=O) groups excluding carboxylic acids is 1. The van der Waals surface area contributed by atoms with Crippen molar-refractivity contribution < 1.29 is 22.1 Å². The topological polar surface area (TPSA) is 108 Å². The van der Waals surface area contributed by atoms with Crippen LogP contribution < -0.4 is 14.7 Å². The molecule has 2 aromatic rings. The third kappa shape index (κ3) is 5.05. The van der Waals surface area contributed by atoms with E-state index >= 15 is 0 Å². The van der Waals surface area contributed by atoms with Crippen molar-refractivity contribution in [2.24, 2.45) is 10.7 Å². The molecule has 2 N–H and O–H groups in total. The molecule has 0 saturated heterocycles. The van der Waals surface area contributed by atoms with Crippen molar-refractivity contribution in [1.82, 2.24) is 0 Å². The van der Waals surface area contributed by atoms with E-state index in [2.05, 4.69) is 4.99 Å². The highest BCUT2D eigenvalue weighted by atomic mass is 35.5. The van der Waals surface area contributed by atoms with Gasteiger partial charge in [-0.1, -0.05) is 23.2 Å². The molecule has 0 unspecified atom stereocenters. The summed E-state index contributed by atoms with van der Waals surface area (Å²) in [5.41, 5.74) is 6.04. The standard InChI is InChI=1S/C18H14Cl2N2O5S2/c1-2-26-14-8-10(9-15-17(23)22-18(21)28-15)7-13(20)16(14)27-29(24,25)12-5-3-11(19)4-6-12/h3-9H,2H2,1H3,(H2,21,22,23). The molecule has 3 rings (SSSR count). The molecule has 152 valence electrons. The molecular formula is C18H14Cl2N2O5S2. The minimum Gasteiger partial charge on any atom is -0.490 e. The molecule has 1 heterocycles. The van der Waals surface area contributed by atoms with E-state index in [-0.39, 0.29) is 33.2 Å². The van der Waals surface area contributed by atoms with E-state index in [9.17, 15) is 13.2 Å². The molecular weight excluding hydrogens is 459 g/mol. The van der Waals surface area contributed by atoms with Crippen LogP contribution in [0, 0.1) is 0 Å². The first-order chi connectivity index (χ1) is 13.7. The Kier molecular flexibility index (Phi) is 6.42. The predicted octanol–water partition coefficient (Wildman–Crippen LogP) is 4.09. The van der Waals surface area contributed by atoms with Gasteiger partial charge in [-0.15, -0.1) is 0 Å². The fourth-order valence-electron chi connectivity index (χ4n) is 2.35. The Hall–Kier alpha value is -2.20. The molecule has 0 aromatic heterocycles. The van der Waals surface area contributed by atoms with E-state index in [0.717, 1.165) is 11.8 Å². The molecule has 0 atom stereocenters. The second-order valence-electron chi connectivity index (χ2n) is 5.62. The van der Waals surface area contributed by atoms with Gasteiger partial charge < -0.3 is 14.7 Å². The van der Waals surface area contributed by atoms with Crippen LogP contribution >= 0.6 is 35.0 Å². The van der Waals surface area contributed by atoms with Crippen LogP contribution in [0.25, 0.3) is 6.08 Å². The smallest absolute Gasteiger partial charge is 0.339 e. The number of carbonyl (C=O) groups is 1. The predicted molar refractivity (Wildman–Crippen MR) is 114 cm³/mol. The summed E-state index contributed by atoms with van der Waals surface area (Å²) in [5.74, 6) is -0.521. The molecule has 1 amide bonds. The summed E-state index contributed by atoms with van der Waals surface area (Å²) in [6.45, 7) is 1.96. The van der Waals surface area contributed by atoms with Gasteiger partial charge in [0.2, 0.25) is 5.75 Å². The van der Waals surface area contributed by atoms with Gasteiger partial charge in [-0.2, -0.15) is 13.4 Å². The molecule has 0 aliphatic carbocycles. The van der Waals surface area contributed by atoms with Crippen LogP contribution in [-0.4, -0.2) is 26.1 Å². The molecule has 0 radical (unpaired) electrons. The van der Waals surface area contributed by atoms with Crippen LogP contribution in [0.5, 0.6) is 11.5 Å². The Labute approximate surface area is 181 Å². The molecule has 29 heavy (non-hydrogen) atoms. The van der Waals surface area contributed by atoms with Gasteiger partial charge in [-0.3, -0.25) is 4.79 Å². The molecule has 2 aromatic carbocycles. The highest BCUT2D eigenvalue weighted by Crippen LogP contribution is 2.40. The summed E-state index contributed by atoms with van der Waals surface area (Å²) in [6.07, 6.45) is 1.53. The van der Waals surface area contributed by atoms with Crippen molar-refractivity contribution in [3.8, 4) is 11.5 Å². The third-order valence-corrected chi connectivity index (χ3v) is 6.14. The lowest BCUT2D eigenvalue weighted by Gasteiger charge is -2.14. The Morgan fingerprint density at radius 3 is 2.48 bits per heavy atom. The Morgan fingerprint density at radius 1 is 1.21 bits per heavy atom. The number of ether oxygens (including phenoxy) is 1. The Bertz CT molecular complexity index is 1130. The SMILES string of the molecule is CCOc1cc(C=C2SC(N)=NC2=O)cc(Cl)c1OS(=O)(=O)c1ccc(Cl)cc1. The number of amides is 1. The number of amidine groups is 1. The zero-order valence-corrected chi connectivity index (χ0v) is 18.0. The van der Waals surface area contributed by atoms with Crippen LogP contribution in [-0.2, 0) is 14.9 Å². The molecule has 0 fully saturated rings. The first-order valence-electron chi connectivity index (χ1n) is 8.14. The molecule has 1 aliphatic rings. The number of benzene rings is 2. The third-order valence-electron chi connectivity index (χ3n) is 3.56. The normalized spacial score (nSPS) is 15.5. The van der Waals surface area contributed by atoms with Crippen molar-refractivity contribution in [1.29, 1.82) is 0 Å². The highest BCUT2D eigenvalue weighted by Gasteiger charge is 2.24. The highest BCUT2D eigenvalue weighted by molar-refractivity contribution is 8.18. The number of hydrogen-bond donors (Lipinski definition) is 1. The van der Waals surface area contributed by atoms with Crippen molar-refractivity contribution in [3.63, 3.8) is 0 Å². The number of nitrogens with zero attached hydrogens (tertiary/aromatic N) is 1. The van der Waals surface area contributed by atoms with Gasteiger partial charge in [0.1, 0.15) is 4.90 Å². The van der Waals surface area contributed by atoms with E-state index in [0.29, 0.717) is 15.5 Å². The Balaban J connectivity index is 1.98. The van der Waals surface area contributed by atoms with Crippen LogP contribution in [0.2, 0.25) is 10.0 Å². The van der Waals surface area contributed by atoms with Gasteiger partial charge in [0.15, 0.2) is 10.9 Å². The number of rotatable bonds is 6. The van der Waals surface area contributed by atoms with Gasteiger partial charge in [0.25, 0.3) is 5.91 Å². The molecule has 7 nitrogen and oxygen atoms in total.